The Morgan fingerprint density at radius 2 is 1.43 bits per heavy atom. The fourth-order valence-corrected chi connectivity index (χ4v) is 4.50. The van der Waals surface area contributed by atoms with Gasteiger partial charge in [0.05, 0.1) is 0 Å². The van der Waals surface area contributed by atoms with Crippen molar-refractivity contribution in [3.05, 3.63) is 60.2 Å². The van der Waals surface area contributed by atoms with E-state index in [0.717, 1.165) is 26.2 Å². The van der Waals surface area contributed by atoms with Crippen molar-refractivity contribution in [2.24, 2.45) is 0 Å². The highest BCUT2D eigenvalue weighted by Gasteiger charge is 2.25. The predicted octanol–water partition coefficient (Wildman–Crippen LogP) is 6.36. The van der Waals surface area contributed by atoms with Gasteiger partial charge in [0.1, 0.15) is 0 Å². The first kappa shape index (κ1) is 23.0. The average molecular weight is 419 g/mol. The summed E-state index contributed by atoms with van der Waals surface area (Å²) in [5, 5.41) is 9.14. The quantitative estimate of drug-likeness (QED) is 0.369. The zero-order chi connectivity index (χ0) is 17.8. The Labute approximate surface area is 181 Å². The number of hydrogen-bond donors (Lipinski definition) is 1. The molecule has 0 amide bonds. The molecule has 1 aliphatic rings. The Morgan fingerprint density at radius 3 is 2.00 bits per heavy atom. The maximum Gasteiger partial charge on any atom is 0.0361 e. The maximum atomic E-state index is 3.52. The number of nitrogens with zero attached hydrogens (tertiary/aromatic N) is 1. The summed E-state index contributed by atoms with van der Waals surface area (Å²) < 4.78 is 0. The minimum Gasteiger partial charge on any atom is -0.314 e. The van der Waals surface area contributed by atoms with Gasteiger partial charge in [-0.05, 0) is 39.6 Å². The van der Waals surface area contributed by atoms with Crippen molar-refractivity contribution in [1.29, 1.82) is 0 Å². The van der Waals surface area contributed by atoms with Gasteiger partial charge in [-0.15, -0.1) is 24.8 Å². The van der Waals surface area contributed by atoms with Crippen LogP contribution < -0.4 is 5.32 Å². The summed E-state index contributed by atoms with van der Waals surface area (Å²) in [6.45, 7) is 6.80. The first-order chi connectivity index (χ1) is 12.9. The third-order valence-electron chi connectivity index (χ3n) is 5.82. The molecule has 0 radical (unpaired) electrons. The monoisotopic (exact) mass is 418 g/mol. The number of unbranched alkanes of at least 4 members (excludes halogenated alkanes) is 2. The van der Waals surface area contributed by atoms with Crippen LogP contribution in [0.1, 0.15) is 44.2 Å². The predicted molar refractivity (Wildman–Crippen MR) is 127 cm³/mol. The SMILES string of the molecule is CCCCC[C@@H](c1c2ccccc2cc2ccccc12)N1CCNCC1.Cl.Cl. The van der Waals surface area contributed by atoms with Crippen LogP contribution in [0.15, 0.2) is 54.6 Å². The zero-order valence-corrected chi connectivity index (χ0v) is 18.3. The van der Waals surface area contributed by atoms with Crippen LogP contribution in [0.25, 0.3) is 21.5 Å². The molecule has 1 heterocycles. The molecule has 1 atom stereocenters. The molecule has 0 aliphatic carbocycles. The minimum absolute atomic E-state index is 0. The fraction of sp³-hybridized carbons (Fsp3) is 0.417. The molecule has 28 heavy (non-hydrogen) atoms. The molecule has 2 nitrogen and oxygen atoms in total. The Kier molecular flexibility index (Phi) is 9.04. The lowest BCUT2D eigenvalue weighted by molar-refractivity contribution is 0.164. The summed E-state index contributed by atoms with van der Waals surface area (Å²) >= 11 is 0. The van der Waals surface area contributed by atoms with Gasteiger partial charge in [-0.2, -0.15) is 0 Å². The highest BCUT2D eigenvalue weighted by Crippen LogP contribution is 2.38. The van der Waals surface area contributed by atoms with Gasteiger partial charge in [0.2, 0.25) is 0 Å². The van der Waals surface area contributed by atoms with Crippen molar-refractivity contribution in [2.45, 2.75) is 38.6 Å². The molecule has 152 valence electrons. The third-order valence-corrected chi connectivity index (χ3v) is 5.82. The van der Waals surface area contributed by atoms with Crippen LogP contribution in [-0.2, 0) is 0 Å². The Bertz CT molecular complexity index is 821. The van der Waals surface area contributed by atoms with E-state index in [9.17, 15) is 0 Å². The lowest BCUT2D eigenvalue weighted by Gasteiger charge is -2.36. The van der Waals surface area contributed by atoms with E-state index >= 15 is 0 Å². The van der Waals surface area contributed by atoms with Crippen molar-refractivity contribution >= 4 is 46.4 Å². The van der Waals surface area contributed by atoms with Crippen molar-refractivity contribution in [3.63, 3.8) is 0 Å². The number of rotatable bonds is 6. The third kappa shape index (κ3) is 4.80. The van der Waals surface area contributed by atoms with Gasteiger partial charge < -0.3 is 5.32 Å². The summed E-state index contributed by atoms with van der Waals surface area (Å²) in [6.07, 6.45) is 5.17. The molecule has 0 bridgehead atoms. The van der Waals surface area contributed by atoms with E-state index in [0.29, 0.717) is 6.04 Å². The molecule has 3 aromatic carbocycles. The van der Waals surface area contributed by atoms with E-state index in [1.165, 1.54) is 47.2 Å². The van der Waals surface area contributed by atoms with Gasteiger partial charge in [0.25, 0.3) is 0 Å². The molecule has 3 aromatic rings. The molecule has 0 aromatic heterocycles. The Morgan fingerprint density at radius 1 is 0.857 bits per heavy atom. The molecular formula is C24H32Cl2N2. The summed E-state index contributed by atoms with van der Waals surface area (Å²) in [5.41, 5.74) is 1.55. The lowest BCUT2D eigenvalue weighted by Crippen LogP contribution is -2.45. The molecule has 1 saturated heterocycles. The van der Waals surface area contributed by atoms with Gasteiger partial charge in [0, 0.05) is 32.2 Å². The van der Waals surface area contributed by atoms with Crippen molar-refractivity contribution in [1.82, 2.24) is 10.2 Å². The molecule has 4 rings (SSSR count). The summed E-state index contributed by atoms with van der Waals surface area (Å²) in [4.78, 5) is 2.72. The van der Waals surface area contributed by atoms with E-state index in [4.69, 9.17) is 0 Å². The summed E-state index contributed by atoms with van der Waals surface area (Å²) in [6, 6.07) is 20.8. The molecule has 0 saturated carbocycles. The Balaban J connectivity index is 0.00000140. The maximum absolute atomic E-state index is 3.52. The van der Waals surface area contributed by atoms with E-state index < -0.39 is 0 Å². The number of halogens is 2. The number of fused-ring (bicyclic) bond motifs is 2. The van der Waals surface area contributed by atoms with Crippen LogP contribution in [0.4, 0.5) is 0 Å². The summed E-state index contributed by atoms with van der Waals surface area (Å²) in [5.74, 6) is 0. The fourth-order valence-electron chi connectivity index (χ4n) is 4.50. The largest absolute Gasteiger partial charge is 0.314 e. The van der Waals surface area contributed by atoms with Crippen LogP contribution in [0.2, 0.25) is 0 Å². The number of piperazine rings is 1. The minimum atomic E-state index is 0. The van der Waals surface area contributed by atoms with Gasteiger partial charge in [-0.25, -0.2) is 0 Å². The van der Waals surface area contributed by atoms with Gasteiger partial charge >= 0.3 is 0 Å². The lowest BCUT2D eigenvalue weighted by atomic mass is 9.88. The topological polar surface area (TPSA) is 15.3 Å². The van der Waals surface area contributed by atoms with Crippen LogP contribution in [-0.4, -0.2) is 31.1 Å². The van der Waals surface area contributed by atoms with Crippen LogP contribution >= 0.6 is 24.8 Å². The van der Waals surface area contributed by atoms with E-state index in [2.05, 4.69) is 71.7 Å². The van der Waals surface area contributed by atoms with E-state index in [-0.39, 0.29) is 24.8 Å². The van der Waals surface area contributed by atoms with E-state index in [1.807, 2.05) is 0 Å². The highest BCUT2D eigenvalue weighted by molar-refractivity contribution is 6.02. The van der Waals surface area contributed by atoms with Crippen molar-refractivity contribution in [3.8, 4) is 0 Å². The standard InChI is InChI=1S/C24H30N2.2ClH/c1-2-3-4-13-23(26-16-14-25-15-17-26)24-21-11-7-5-9-19(21)18-20-10-6-8-12-22(20)24;;/h5-12,18,23,25H,2-4,13-17H2,1H3;2*1H/t23-;;/m0../s1. The molecule has 0 spiro atoms. The first-order valence-corrected chi connectivity index (χ1v) is 10.2. The number of hydrogen-bond acceptors (Lipinski definition) is 2. The molecule has 4 heteroatoms. The molecule has 1 aliphatic heterocycles. The normalized spacial score (nSPS) is 15.8. The van der Waals surface area contributed by atoms with Crippen molar-refractivity contribution in [2.75, 3.05) is 26.2 Å². The average Bonchev–Trinajstić information content (AvgIpc) is 2.71. The van der Waals surface area contributed by atoms with Crippen LogP contribution in [0, 0.1) is 0 Å². The molecule has 1 fully saturated rings. The van der Waals surface area contributed by atoms with Crippen LogP contribution in [0.3, 0.4) is 0 Å². The highest BCUT2D eigenvalue weighted by atomic mass is 35.5. The van der Waals surface area contributed by atoms with Gasteiger partial charge in [-0.1, -0.05) is 74.7 Å². The van der Waals surface area contributed by atoms with E-state index in [1.54, 1.807) is 5.56 Å². The zero-order valence-electron chi connectivity index (χ0n) is 16.7. The number of benzene rings is 3. The smallest absolute Gasteiger partial charge is 0.0361 e. The molecular weight excluding hydrogens is 387 g/mol. The van der Waals surface area contributed by atoms with Gasteiger partial charge in [-0.3, -0.25) is 4.90 Å². The van der Waals surface area contributed by atoms with Crippen LogP contribution in [0.5, 0.6) is 0 Å². The second-order valence-electron chi connectivity index (χ2n) is 7.53. The summed E-state index contributed by atoms with van der Waals surface area (Å²) in [7, 11) is 0. The Hall–Kier alpha value is -1.32. The van der Waals surface area contributed by atoms with Gasteiger partial charge in [0.15, 0.2) is 0 Å². The molecule has 0 unspecified atom stereocenters. The first-order valence-electron chi connectivity index (χ1n) is 10.2. The number of nitrogens with one attached hydrogen (secondary N) is 1. The second kappa shape index (κ2) is 11.0. The van der Waals surface area contributed by atoms with Crippen molar-refractivity contribution < 1.29 is 0 Å². The molecule has 1 N–H and O–H groups in total. The second-order valence-corrected chi connectivity index (χ2v) is 7.53.